The van der Waals surface area contributed by atoms with Crippen LogP contribution >= 0.6 is 0 Å². The highest BCUT2D eigenvalue weighted by atomic mass is 19.1. The molecule has 164 valence electrons. The Balaban J connectivity index is 1.56. The van der Waals surface area contributed by atoms with Crippen molar-refractivity contribution in [2.45, 2.75) is 6.61 Å². The number of carbonyl (C=O) groups is 2. The van der Waals surface area contributed by atoms with E-state index in [9.17, 15) is 14.0 Å². The van der Waals surface area contributed by atoms with E-state index >= 15 is 0 Å². The molecule has 0 aliphatic rings. The number of hydrogen-bond acceptors (Lipinski definition) is 5. The summed E-state index contributed by atoms with van der Waals surface area (Å²) in [5.41, 5.74) is 4.41. The number of nitrogens with one attached hydrogen (secondary N) is 2. The van der Waals surface area contributed by atoms with Crippen LogP contribution in [0.1, 0.15) is 21.5 Å². The number of hydrogen-bond donors (Lipinski definition) is 3. The van der Waals surface area contributed by atoms with Crippen LogP contribution in [-0.4, -0.2) is 30.4 Å². The van der Waals surface area contributed by atoms with Crippen LogP contribution in [0.4, 0.5) is 14.9 Å². The van der Waals surface area contributed by atoms with Crippen molar-refractivity contribution in [1.29, 1.82) is 0 Å². The van der Waals surface area contributed by atoms with Gasteiger partial charge in [-0.25, -0.2) is 19.4 Å². The number of benzene rings is 3. The topological polar surface area (TPSA) is 109 Å². The summed E-state index contributed by atoms with van der Waals surface area (Å²) >= 11 is 0. The monoisotopic (exact) mass is 437 g/mol. The SMILES string of the molecule is COc1cc(/C=N/NC(=O)Nc2ccc(F)cc2)ccc1OCc1ccc(C(=O)O)cc1. The summed E-state index contributed by atoms with van der Waals surface area (Å²) in [7, 11) is 1.50. The lowest BCUT2D eigenvalue weighted by atomic mass is 10.1. The summed E-state index contributed by atoms with van der Waals surface area (Å²) in [5, 5.41) is 15.3. The molecule has 0 atom stereocenters. The summed E-state index contributed by atoms with van der Waals surface area (Å²) in [6, 6.07) is 16.3. The second kappa shape index (κ2) is 10.6. The number of aromatic carboxylic acids is 1. The van der Waals surface area contributed by atoms with E-state index < -0.39 is 17.8 Å². The first kappa shape index (κ1) is 22.3. The molecule has 0 aromatic heterocycles. The van der Waals surface area contributed by atoms with Crippen molar-refractivity contribution < 1.29 is 28.6 Å². The van der Waals surface area contributed by atoms with Gasteiger partial charge in [-0.05, 0) is 65.7 Å². The molecule has 0 bridgehead atoms. The molecule has 0 heterocycles. The Hall–Kier alpha value is -4.40. The van der Waals surface area contributed by atoms with Crippen LogP contribution in [0.25, 0.3) is 0 Å². The molecule has 0 fully saturated rings. The molecule has 0 saturated carbocycles. The number of carboxylic acid groups (broad SMARTS) is 1. The summed E-state index contributed by atoms with van der Waals surface area (Å²) in [6.07, 6.45) is 1.43. The lowest BCUT2D eigenvalue weighted by Crippen LogP contribution is -2.24. The molecule has 0 unspecified atom stereocenters. The van der Waals surface area contributed by atoms with Crippen LogP contribution < -0.4 is 20.2 Å². The maximum absolute atomic E-state index is 12.9. The minimum Gasteiger partial charge on any atom is -0.493 e. The predicted molar refractivity (Wildman–Crippen MR) is 117 cm³/mol. The Labute approximate surface area is 183 Å². The van der Waals surface area contributed by atoms with Gasteiger partial charge >= 0.3 is 12.0 Å². The molecule has 3 aromatic rings. The number of urea groups is 1. The van der Waals surface area contributed by atoms with Gasteiger partial charge in [0.15, 0.2) is 11.5 Å². The van der Waals surface area contributed by atoms with E-state index in [1.807, 2.05) is 0 Å². The zero-order chi connectivity index (χ0) is 22.9. The second-order valence-corrected chi connectivity index (χ2v) is 6.53. The van der Waals surface area contributed by atoms with Gasteiger partial charge in [0.2, 0.25) is 0 Å². The molecule has 3 rings (SSSR count). The average molecular weight is 437 g/mol. The van der Waals surface area contributed by atoms with Crippen LogP contribution in [0.5, 0.6) is 11.5 Å². The van der Waals surface area contributed by atoms with E-state index in [2.05, 4.69) is 15.8 Å². The first-order chi connectivity index (χ1) is 15.4. The van der Waals surface area contributed by atoms with Gasteiger partial charge in [-0.3, -0.25) is 0 Å². The number of rotatable bonds is 8. The highest BCUT2D eigenvalue weighted by Gasteiger charge is 2.07. The fourth-order valence-corrected chi connectivity index (χ4v) is 2.65. The third-order valence-electron chi connectivity index (χ3n) is 4.26. The Morgan fingerprint density at radius 1 is 1.03 bits per heavy atom. The largest absolute Gasteiger partial charge is 0.493 e. The highest BCUT2D eigenvalue weighted by Crippen LogP contribution is 2.28. The van der Waals surface area contributed by atoms with Gasteiger partial charge < -0.3 is 19.9 Å². The van der Waals surface area contributed by atoms with Crippen molar-refractivity contribution in [3.05, 3.63) is 89.2 Å². The van der Waals surface area contributed by atoms with Crippen molar-refractivity contribution in [1.82, 2.24) is 5.43 Å². The molecule has 0 aliphatic heterocycles. The van der Waals surface area contributed by atoms with Crippen LogP contribution in [0, 0.1) is 5.82 Å². The van der Waals surface area contributed by atoms with Crippen molar-refractivity contribution >= 4 is 23.9 Å². The third-order valence-corrected chi connectivity index (χ3v) is 4.26. The molecule has 0 aliphatic carbocycles. The van der Waals surface area contributed by atoms with E-state index in [-0.39, 0.29) is 12.2 Å². The maximum atomic E-state index is 12.9. The van der Waals surface area contributed by atoms with E-state index in [1.165, 1.54) is 49.7 Å². The standard InChI is InChI=1S/C23H20FN3O5/c1-31-21-12-16(13-25-27-23(30)26-19-9-7-18(24)8-10-19)4-11-20(21)32-14-15-2-5-17(6-3-15)22(28)29/h2-13H,14H2,1H3,(H,28,29)(H2,26,27,30)/b25-13+. The van der Waals surface area contributed by atoms with E-state index in [1.54, 1.807) is 30.3 Å². The predicted octanol–water partition coefficient (Wildman–Crippen LogP) is 4.27. The summed E-state index contributed by atoms with van der Waals surface area (Å²) in [6.45, 7) is 0.231. The molecule has 0 spiro atoms. The van der Waals surface area contributed by atoms with Gasteiger partial charge in [0.05, 0.1) is 18.9 Å². The molecular weight excluding hydrogens is 417 g/mol. The number of hydrazone groups is 1. The minimum atomic E-state index is -0.987. The normalized spacial score (nSPS) is 10.6. The number of methoxy groups -OCH3 is 1. The van der Waals surface area contributed by atoms with Crippen molar-refractivity contribution in [2.24, 2.45) is 5.10 Å². The van der Waals surface area contributed by atoms with Gasteiger partial charge in [0.25, 0.3) is 0 Å². The number of carboxylic acids is 1. The maximum Gasteiger partial charge on any atom is 0.339 e. The Kier molecular flexibility index (Phi) is 7.37. The molecule has 3 aromatic carbocycles. The Morgan fingerprint density at radius 2 is 1.75 bits per heavy atom. The smallest absolute Gasteiger partial charge is 0.339 e. The van der Waals surface area contributed by atoms with Gasteiger partial charge in [-0.15, -0.1) is 0 Å². The van der Waals surface area contributed by atoms with E-state index in [0.29, 0.717) is 22.7 Å². The molecule has 9 heteroatoms. The number of amides is 2. The lowest BCUT2D eigenvalue weighted by molar-refractivity contribution is 0.0696. The molecule has 8 nitrogen and oxygen atoms in total. The number of nitrogens with zero attached hydrogens (tertiary/aromatic N) is 1. The fraction of sp³-hybridized carbons (Fsp3) is 0.0870. The Bertz CT molecular complexity index is 1120. The van der Waals surface area contributed by atoms with Crippen LogP contribution in [-0.2, 0) is 6.61 Å². The van der Waals surface area contributed by atoms with Crippen LogP contribution in [0.15, 0.2) is 71.8 Å². The van der Waals surface area contributed by atoms with Crippen LogP contribution in [0.2, 0.25) is 0 Å². The lowest BCUT2D eigenvalue weighted by Gasteiger charge is -2.11. The van der Waals surface area contributed by atoms with Gasteiger partial charge in [-0.2, -0.15) is 5.10 Å². The molecule has 32 heavy (non-hydrogen) atoms. The average Bonchev–Trinajstić information content (AvgIpc) is 2.79. The van der Waals surface area contributed by atoms with E-state index in [4.69, 9.17) is 14.6 Å². The number of halogens is 1. The number of carbonyl (C=O) groups excluding carboxylic acids is 1. The van der Waals surface area contributed by atoms with E-state index in [0.717, 1.165) is 5.56 Å². The molecule has 3 N–H and O–H groups in total. The summed E-state index contributed by atoms with van der Waals surface area (Å²) < 4.78 is 24.0. The van der Waals surface area contributed by atoms with Crippen molar-refractivity contribution in [2.75, 3.05) is 12.4 Å². The fourth-order valence-electron chi connectivity index (χ4n) is 2.65. The van der Waals surface area contributed by atoms with Gasteiger partial charge in [0, 0.05) is 5.69 Å². The zero-order valence-corrected chi connectivity index (χ0v) is 17.0. The summed E-state index contributed by atoms with van der Waals surface area (Å²) in [4.78, 5) is 22.8. The quantitative estimate of drug-likeness (QED) is 0.360. The molecule has 0 saturated heterocycles. The first-order valence-electron chi connectivity index (χ1n) is 9.43. The minimum absolute atomic E-state index is 0.204. The van der Waals surface area contributed by atoms with Gasteiger partial charge in [0.1, 0.15) is 12.4 Å². The Morgan fingerprint density at radius 3 is 2.41 bits per heavy atom. The zero-order valence-electron chi connectivity index (χ0n) is 17.0. The van der Waals surface area contributed by atoms with Crippen molar-refractivity contribution in [3.63, 3.8) is 0 Å². The summed E-state index contributed by atoms with van der Waals surface area (Å²) in [5.74, 6) is -0.425. The molecular formula is C23H20FN3O5. The van der Waals surface area contributed by atoms with Crippen LogP contribution in [0.3, 0.4) is 0 Å². The third kappa shape index (κ3) is 6.30. The number of anilines is 1. The number of ether oxygens (including phenoxy) is 2. The van der Waals surface area contributed by atoms with Gasteiger partial charge in [-0.1, -0.05) is 12.1 Å². The van der Waals surface area contributed by atoms with Crippen molar-refractivity contribution in [3.8, 4) is 11.5 Å². The molecule has 0 radical (unpaired) electrons. The second-order valence-electron chi connectivity index (χ2n) is 6.53. The molecule has 2 amide bonds. The first-order valence-corrected chi connectivity index (χ1v) is 9.43. The highest BCUT2D eigenvalue weighted by molar-refractivity contribution is 5.90.